The van der Waals surface area contributed by atoms with Crippen LogP contribution < -0.4 is 5.73 Å². The fourth-order valence-corrected chi connectivity index (χ4v) is 1.67. The second-order valence-corrected chi connectivity index (χ2v) is 3.26. The SMILES string of the molecule is C#Cc1cc(N)c2c(C#C)cccc2c1. The third kappa shape index (κ3) is 1.41. The van der Waals surface area contributed by atoms with Gasteiger partial charge in [-0.2, -0.15) is 0 Å². The highest BCUT2D eigenvalue weighted by atomic mass is 14.6. The zero-order valence-electron chi connectivity index (χ0n) is 8.12. The van der Waals surface area contributed by atoms with Gasteiger partial charge in [-0.1, -0.05) is 24.0 Å². The maximum Gasteiger partial charge on any atom is 0.0418 e. The Labute approximate surface area is 88.9 Å². The first kappa shape index (κ1) is 9.19. The summed E-state index contributed by atoms with van der Waals surface area (Å²) >= 11 is 0. The van der Waals surface area contributed by atoms with Gasteiger partial charge in [-0.05, 0) is 23.6 Å². The summed E-state index contributed by atoms with van der Waals surface area (Å²) in [5.74, 6) is 5.18. The maximum absolute atomic E-state index is 5.92. The lowest BCUT2D eigenvalue weighted by Gasteiger charge is -2.05. The van der Waals surface area contributed by atoms with E-state index in [1.807, 2.05) is 24.3 Å². The summed E-state index contributed by atoms with van der Waals surface area (Å²) in [5, 5.41) is 1.89. The van der Waals surface area contributed by atoms with Crippen LogP contribution in [0.15, 0.2) is 30.3 Å². The van der Waals surface area contributed by atoms with Crippen molar-refractivity contribution in [3.8, 4) is 24.7 Å². The van der Waals surface area contributed by atoms with Crippen LogP contribution in [0, 0.1) is 24.7 Å². The Morgan fingerprint density at radius 2 is 1.87 bits per heavy atom. The Hall–Kier alpha value is -2.38. The van der Waals surface area contributed by atoms with Gasteiger partial charge in [-0.15, -0.1) is 12.8 Å². The summed E-state index contributed by atoms with van der Waals surface area (Å²) in [6.45, 7) is 0. The summed E-state index contributed by atoms with van der Waals surface area (Å²) in [7, 11) is 0. The predicted octanol–water partition coefficient (Wildman–Crippen LogP) is 2.38. The Balaban J connectivity index is 2.94. The van der Waals surface area contributed by atoms with Gasteiger partial charge in [-0.25, -0.2) is 0 Å². The number of nitrogens with two attached hydrogens (primary N) is 1. The zero-order chi connectivity index (χ0) is 10.8. The van der Waals surface area contributed by atoms with Gasteiger partial charge in [0, 0.05) is 22.2 Å². The van der Waals surface area contributed by atoms with Crippen LogP contribution in [0.4, 0.5) is 5.69 Å². The van der Waals surface area contributed by atoms with Crippen molar-refractivity contribution < 1.29 is 0 Å². The number of hydrogen-bond donors (Lipinski definition) is 1. The molecule has 2 aromatic carbocycles. The van der Waals surface area contributed by atoms with E-state index in [0.29, 0.717) is 5.69 Å². The van der Waals surface area contributed by atoms with Gasteiger partial charge in [0.2, 0.25) is 0 Å². The number of anilines is 1. The molecular weight excluding hydrogens is 182 g/mol. The molecule has 0 amide bonds. The monoisotopic (exact) mass is 191 g/mol. The highest BCUT2D eigenvalue weighted by Gasteiger charge is 2.03. The maximum atomic E-state index is 5.92. The molecule has 0 atom stereocenters. The molecule has 0 aromatic heterocycles. The number of benzene rings is 2. The van der Waals surface area contributed by atoms with E-state index in [1.165, 1.54) is 0 Å². The second kappa shape index (κ2) is 3.40. The van der Waals surface area contributed by atoms with Crippen LogP contribution in [0.1, 0.15) is 11.1 Å². The largest absolute Gasteiger partial charge is 0.398 e. The minimum atomic E-state index is 0.633. The minimum absolute atomic E-state index is 0.633. The fraction of sp³-hybridized carbons (Fsp3) is 0. The predicted molar refractivity (Wildman–Crippen MR) is 64.2 cm³/mol. The van der Waals surface area contributed by atoms with E-state index in [-0.39, 0.29) is 0 Å². The Morgan fingerprint density at radius 3 is 2.53 bits per heavy atom. The van der Waals surface area contributed by atoms with Crippen molar-refractivity contribution in [1.82, 2.24) is 0 Å². The third-order valence-electron chi connectivity index (χ3n) is 2.33. The van der Waals surface area contributed by atoms with Crippen LogP contribution >= 0.6 is 0 Å². The molecule has 0 aliphatic heterocycles. The molecule has 0 saturated heterocycles. The molecule has 2 N–H and O–H groups in total. The van der Waals surface area contributed by atoms with Crippen molar-refractivity contribution in [2.45, 2.75) is 0 Å². The van der Waals surface area contributed by atoms with Crippen molar-refractivity contribution in [2.24, 2.45) is 0 Å². The van der Waals surface area contributed by atoms with E-state index in [9.17, 15) is 0 Å². The van der Waals surface area contributed by atoms with Gasteiger partial charge >= 0.3 is 0 Å². The summed E-state index contributed by atoms with van der Waals surface area (Å²) in [5.41, 5.74) is 8.12. The van der Waals surface area contributed by atoms with Crippen molar-refractivity contribution in [3.05, 3.63) is 41.5 Å². The lowest BCUT2D eigenvalue weighted by Crippen LogP contribution is -1.91. The van der Waals surface area contributed by atoms with Gasteiger partial charge in [-0.3, -0.25) is 0 Å². The fourth-order valence-electron chi connectivity index (χ4n) is 1.67. The van der Waals surface area contributed by atoms with Crippen LogP contribution in [0.25, 0.3) is 10.8 Å². The number of nitrogen functional groups attached to an aromatic ring is 1. The van der Waals surface area contributed by atoms with E-state index in [1.54, 1.807) is 6.07 Å². The standard InChI is InChI=1S/C14H9N/c1-3-10-8-12-7-5-6-11(4-2)14(12)13(15)9-10/h1-2,5-9H,15H2. The van der Waals surface area contributed by atoms with Gasteiger partial charge in [0.15, 0.2) is 0 Å². The lowest BCUT2D eigenvalue weighted by atomic mass is 10.0. The van der Waals surface area contributed by atoms with Gasteiger partial charge in [0.1, 0.15) is 0 Å². The molecular formula is C14H9N. The number of hydrogen-bond acceptors (Lipinski definition) is 1. The van der Waals surface area contributed by atoms with Crippen molar-refractivity contribution in [2.75, 3.05) is 5.73 Å². The molecule has 0 radical (unpaired) electrons. The molecule has 0 heterocycles. The normalized spacial score (nSPS) is 9.47. The van der Waals surface area contributed by atoms with Crippen molar-refractivity contribution >= 4 is 16.5 Å². The lowest BCUT2D eigenvalue weighted by molar-refractivity contribution is 1.66. The summed E-state index contributed by atoms with van der Waals surface area (Å²) < 4.78 is 0. The van der Waals surface area contributed by atoms with Crippen molar-refractivity contribution in [3.63, 3.8) is 0 Å². The molecule has 0 unspecified atom stereocenters. The first-order chi connectivity index (χ1) is 7.26. The van der Waals surface area contributed by atoms with E-state index in [2.05, 4.69) is 11.8 Å². The van der Waals surface area contributed by atoms with E-state index >= 15 is 0 Å². The Morgan fingerprint density at radius 1 is 1.07 bits per heavy atom. The van der Waals surface area contributed by atoms with Gasteiger partial charge < -0.3 is 5.73 Å². The van der Waals surface area contributed by atoms with Crippen LogP contribution in [0.3, 0.4) is 0 Å². The third-order valence-corrected chi connectivity index (χ3v) is 2.33. The van der Waals surface area contributed by atoms with Gasteiger partial charge in [0.25, 0.3) is 0 Å². The molecule has 15 heavy (non-hydrogen) atoms. The highest BCUT2D eigenvalue weighted by molar-refractivity contribution is 5.98. The number of fused-ring (bicyclic) bond motifs is 1. The topological polar surface area (TPSA) is 26.0 Å². The average molecular weight is 191 g/mol. The summed E-state index contributed by atoms with van der Waals surface area (Å²) in [4.78, 5) is 0. The molecule has 0 aliphatic rings. The van der Waals surface area contributed by atoms with Crippen molar-refractivity contribution in [1.29, 1.82) is 0 Å². The average Bonchev–Trinajstić information content (AvgIpc) is 2.27. The molecule has 1 nitrogen and oxygen atoms in total. The number of terminal acetylenes is 2. The van der Waals surface area contributed by atoms with Crippen LogP contribution in [0.2, 0.25) is 0 Å². The summed E-state index contributed by atoms with van der Waals surface area (Å²) in [6.07, 6.45) is 10.7. The molecule has 0 fully saturated rings. The van der Waals surface area contributed by atoms with E-state index in [4.69, 9.17) is 18.6 Å². The molecule has 0 bridgehead atoms. The zero-order valence-corrected chi connectivity index (χ0v) is 8.12. The molecule has 70 valence electrons. The number of rotatable bonds is 0. The quantitative estimate of drug-likeness (QED) is 0.502. The first-order valence-corrected chi connectivity index (χ1v) is 4.51. The van der Waals surface area contributed by atoms with Crippen LogP contribution in [-0.2, 0) is 0 Å². The highest BCUT2D eigenvalue weighted by Crippen LogP contribution is 2.26. The van der Waals surface area contributed by atoms with Gasteiger partial charge in [0.05, 0.1) is 0 Å². The van der Waals surface area contributed by atoms with E-state index in [0.717, 1.165) is 21.9 Å². The molecule has 1 heteroatoms. The van der Waals surface area contributed by atoms with Crippen LogP contribution in [-0.4, -0.2) is 0 Å². The molecule has 2 rings (SSSR count). The molecule has 0 aliphatic carbocycles. The smallest absolute Gasteiger partial charge is 0.0418 e. The summed E-state index contributed by atoms with van der Waals surface area (Å²) in [6, 6.07) is 9.40. The molecule has 0 saturated carbocycles. The molecule has 2 aromatic rings. The second-order valence-electron chi connectivity index (χ2n) is 3.26. The Kier molecular flexibility index (Phi) is 2.08. The Bertz CT molecular complexity index is 609. The van der Waals surface area contributed by atoms with E-state index < -0.39 is 0 Å². The minimum Gasteiger partial charge on any atom is -0.398 e. The van der Waals surface area contributed by atoms with Crippen LogP contribution in [0.5, 0.6) is 0 Å². The molecule has 0 spiro atoms. The first-order valence-electron chi connectivity index (χ1n) is 4.51.